The molecule has 0 saturated carbocycles. The summed E-state index contributed by atoms with van der Waals surface area (Å²) in [7, 11) is 3.70. The zero-order chi connectivity index (χ0) is 16.4. The van der Waals surface area contributed by atoms with Crippen LogP contribution in [0, 0.1) is 0 Å². The third-order valence-electron chi connectivity index (χ3n) is 3.68. The lowest BCUT2D eigenvalue weighted by molar-refractivity contribution is -0.132. The van der Waals surface area contributed by atoms with Crippen molar-refractivity contribution in [3.8, 4) is 0 Å². The number of likely N-dealkylation sites (N-methyl/N-ethyl adjacent to an activating group) is 1. The van der Waals surface area contributed by atoms with Gasteiger partial charge in [-0.25, -0.2) is 0 Å². The number of hydrogen-bond donors (Lipinski definition) is 2. The highest BCUT2D eigenvalue weighted by Gasteiger charge is 2.26. The Morgan fingerprint density at radius 3 is 2.50 bits per heavy atom. The molecule has 0 unspecified atom stereocenters. The SMILES string of the molecule is CN=C(NCCCN1CCCN(C)CC1)NCCC(F)(F)F. The summed E-state index contributed by atoms with van der Waals surface area (Å²) in [4.78, 5) is 8.70. The topological polar surface area (TPSA) is 42.9 Å². The molecule has 2 N–H and O–H groups in total. The van der Waals surface area contributed by atoms with Crippen molar-refractivity contribution in [1.29, 1.82) is 0 Å². The van der Waals surface area contributed by atoms with Gasteiger partial charge in [0.05, 0.1) is 6.42 Å². The van der Waals surface area contributed by atoms with Crippen molar-refractivity contribution in [2.45, 2.75) is 25.4 Å². The summed E-state index contributed by atoms with van der Waals surface area (Å²) in [5.74, 6) is 0.430. The zero-order valence-corrected chi connectivity index (χ0v) is 13.5. The first-order chi connectivity index (χ1) is 10.4. The molecule has 0 aromatic heterocycles. The number of nitrogens with zero attached hydrogens (tertiary/aromatic N) is 3. The van der Waals surface area contributed by atoms with Gasteiger partial charge in [0.2, 0.25) is 0 Å². The molecule has 8 heteroatoms. The van der Waals surface area contributed by atoms with Gasteiger partial charge < -0.3 is 20.4 Å². The predicted molar refractivity (Wildman–Crippen MR) is 83.2 cm³/mol. The molecule has 0 spiro atoms. The van der Waals surface area contributed by atoms with Gasteiger partial charge in [-0.05, 0) is 39.5 Å². The minimum atomic E-state index is -4.13. The van der Waals surface area contributed by atoms with Gasteiger partial charge in [0.1, 0.15) is 0 Å². The lowest BCUT2D eigenvalue weighted by atomic mass is 10.3. The third kappa shape index (κ3) is 9.09. The molecule has 0 radical (unpaired) electrons. The normalized spacial score (nSPS) is 19.0. The van der Waals surface area contributed by atoms with Crippen LogP contribution in [-0.2, 0) is 0 Å². The first-order valence-corrected chi connectivity index (χ1v) is 7.83. The molecular formula is C14H28F3N5. The minimum Gasteiger partial charge on any atom is -0.356 e. The molecule has 0 amide bonds. The second-order valence-corrected chi connectivity index (χ2v) is 5.64. The van der Waals surface area contributed by atoms with E-state index in [2.05, 4.69) is 32.5 Å². The number of hydrogen-bond acceptors (Lipinski definition) is 3. The number of alkyl halides is 3. The van der Waals surface area contributed by atoms with Crippen molar-refractivity contribution < 1.29 is 13.2 Å². The van der Waals surface area contributed by atoms with E-state index in [9.17, 15) is 13.2 Å². The Bertz CT molecular complexity index is 333. The molecule has 0 atom stereocenters. The molecule has 0 aromatic carbocycles. The smallest absolute Gasteiger partial charge is 0.356 e. The van der Waals surface area contributed by atoms with Crippen LogP contribution in [-0.4, -0.2) is 81.8 Å². The van der Waals surface area contributed by atoms with Crippen molar-refractivity contribution in [3.05, 3.63) is 0 Å². The van der Waals surface area contributed by atoms with Crippen LogP contribution >= 0.6 is 0 Å². The molecule has 0 aliphatic carbocycles. The van der Waals surface area contributed by atoms with E-state index in [0.717, 1.165) is 39.1 Å². The Morgan fingerprint density at radius 1 is 1.09 bits per heavy atom. The Morgan fingerprint density at radius 2 is 1.82 bits per heavy atom. The average Bonchev–Trinajstić information content (AvgIpc) is 2.65. The quantitative estimate of drug-likeness (QED) is 0.437. The van der Waals surface area contributed by atoms with Crippen LogP contribution in [0.5, 0.6) is 0 Å². The van der Waals surface area contributed by atoms with Gasteiger partial charge in [-0.15, -0.1) is 0 Å². The zero-order valence-electron chi connectivity index (χ0n) is 13.5. The molecule has 1 aliphatic heterocycles. The van der Waals surface area contributed by atoms with E-state index in [1.807, 2.05) is 0 Å². The summed E-state index contributed by atoms with van der Waals surface area (Å²) in [6, 6.07) is 0. The monoisotopic (exact) mass is 323 g/mol. The van der Waals surface area contributed by atoms with Crippen LogP contribution in [0.1, 0.15) is 19.3 Å². The van der Waals surface area contributed by atoms with Gasteiger partial charge in [-0.1, -0.05) is 0 Å². The molecule has 1 aliphatic rings. The number of halogens is 3. The van der Waals surface area contributed by atoms with Gasteiger partial charge >= 0.3 is 6.18 Å². The van der Waals surface area contributed by atoms with E-state index in [1.54, 1.807) is 7.05 Å². The number of rotatable bonds is 6. The first-order valence-electron chi connectivity index (χ1n) is 7.83. The van der Waals surface area contributed by atoms with Crippen molar-refractivity contribution >= 4 is 5.96 Å². The van der Waals surface area contributed by atoms with E-state index >= 15 is 0 Å². The fraction of sp³-hybridized carbons (Fsp3) is 0.929. The number of nitrogens with one attached hydrogen (secondary N) is 2. The number of guanidine groups is 1. The lowest BCUT2D eigenvalue weighted by Gasteiger charge is -2.20. The fourth-order valence-electron chi connectivity index (χ4n) is 2.38. The van der Waals surface area contributed by atoms with Gasteiger partial charge in [0.15, 0.2) is 5.96 Å². The maximum Gasteiger partial charge on any atom is 0.390 e. The summed E-state index contributed by atoms with van der Waals surface area (Å²) >= 11 is 0. The van der Waals surface area contributed by atoms with Crippen LogP contribution in [0.4, 0.5) is 13.2 Å². The molecule has 1 saturated heterocycles. The molecule has 5 nitrogen and oxygen atoms in total. The summed E-state index contributed by atoms with van der Waals surface area (Å²) in [6.07, 6.45) is -2.85. The predicted octanol–water partition coefficient (Wildman–Crippen LogP) is 1.13. The minimum absolute atomic E-state index is 0.151. The number of aliphatic imine (C=N–C) groups is 1. The molecule has 1 rings (SSSR count). The van der Waals surface area contributed by atoms with Gasteiger partial charge in [0.25, 0.3) is 0 Å². The van der Waals surface area contributed by atoms with E-state index in [4.69, 9.17) is 0 Å². The molecule has 0 bridgehead atoms. The van der Waals surface area contributed by atoms with E-state index in [-0.39, 0.29) is 6.54 Å². The average molecular weight is 323 g/mol. The highest BCUT2D eigenvalue weighted by Crippen LogP contribution is 2.17. The van der Waals surface area contributed by atoms with E-state index in [0.29, 0.717) is 12.5 Å². The molecule has 22 heavy (non-hydrogen) atoms. The van der Waals surface area contributed by atoms with Gasteiger partial charge in [0, 0.05) is 33.2 Å². The summed E-state index contributed by atoms with van der Waals surface area (Å²) < 4.78 is 36.2. The molecule has 130 valence electrons. The lowest BCUT2D eigenvalue weighted by Crippen LogP contribution is -2.40. The Kier molecular flexibility index (Phi) is 8.55. The van der Waals surface area contributed by atoms with Crippen LogP contribution in [0.25, 0.3) is 0 Å². The Hall–Kier alpha value is -1.02. The van der Waals surface area contributed by atoms with E-state index in [1.165, 1.54) is 6.42 Å². The highest BCUT2D eigenvalue weighted by atomic mass is 19.4. The largest absolute Gasteiger partial charge is 0.390 e. The maximum atomic E-state index is 12.1. The summed E-state index contributed by atoms with van der Waals surface area (Å²) in [5, 5.41) is 5.73. The standard InChI is InChI=1S/C14H28F3N5/c1-18-13(20-7-5-14(15,16)17)19-6-3-9-22-10-4-8-21(2)11-12-22/h3-12H2,1-2H3,(H2,18,19,20). The third-order valence-corrected chi connectivity index (χ3v) is 3.68. The second-order valence-electron chi connectivity index (χ2n) is 5.64. The van der Waals surface area contributed by atoms with Crippen LogP contribution in [0.15, 0.2) is 4.99 Å². The van der Waals surface area contributed by atoms with Crippen LogP contribution < -0.4 is 10.6 Å². The van der Waals surface area contributed by atoms with Crippen LogP contribution in [0.2, 0.25) is 0 Å². The van der Waals surface area contributed by atoms with Gasteiger partial charge in [-0.2, -0.15) is 13.2 Å². The second kappa shape index (κ2) is 9.89. The molecular weight excluding hydrogens is 295 g/mol. The Labute approximate surface area is 130 Å². The molecule has 1 heterocycles. The van der Waals surface area contributed by atoms with E-state index < -0.39 is 12.6 Å². The summed E-state index contributed by atoms with van der Waals surface area (Å²) in [5.41, 5.74) is 0. The van der Waals surface area contributed by atoms with Crippen molar-refractivity contribution in [2.24, 2.45) is 4.99 Å². The molecule has 1 fully saturated rings. The van der Waals surface area contributed by atoms with Crippen LogP contribution in [0.3, 0.4) is 0 Å². The maximum absolute atomic E-state index is 12.1. The van der Waals surface area contributed by atoms with Gasteiger partial charge in [-0.3, -0.25) is 4.99 Å². The first kappa shape index (κ1) is 19.0. The summed E-state index contributed by atoms with van der Waals surface area (Å²) in [6.45, 7) is 5.98. The van der Waals surface area contributed by atoms with Crippen molar-refractivity contribution in [1.82, 2.24) is 20.4 Å². The highest BCUT2D eigenvalue weighted by molar-refractivity contribution is 5.79. The molecule has 0 aromatic rings. The Balaban J connectivity index is 2.11. The van der Waals surface area contributed by atoms with Crippen molar-refractivity contribution in [3.63, 3.8) is 0 Å². The fourth-order valence-corrected chi connectivity index (χ4v) is 2.38. The van der Waals surface area contributed by atoms with Crippen molar-refractivity contribution in [2.75, 3.05) is 59.9 Å².